The molecule has 6 aliphatic carbocycles. The minimum atomic E-state index is -0.529. The molecule has 6 saturated carbocycles. The molecule has 0 aromatic heterocycles. The highest BCUT2D eigenvalue weighted by atomic mass is 16.6. The number of carbonyl (C=O) groups excluding carboxylic acids is 3. The lowest BCUT2D eigenvalue weighted by Crippen LogP contribution is -2.50. The Kier molecular flexibility index (Phi) is 3.69. The van der Waals surface area contributed by atoms with Crippen LogP contribution in [-0.4, -0.2) is 35.7 Å². The van der Waals surface area contributed by atoms with Crippen LogP contribution >= 0.6 is 0 Å². The first kappa shape index (κ1) is 18.9. The van der Waals surface area contributed by atoms with Gasteiger partial charge in [-0.3, -0.25) is 14.4 Å². The number of hydrogen-bond acceptors (Lipinski definition) is 6. The van der Waals surface area contributed by atoms with Gasteiger partial charge in [-0.05, 0) is 74.5 Å². The minimum Gasteiger partial charge on any atom is -0.459 e. The summed E-state index contributed by atoms with van der Waals surface area (Å²) in [6, 6.07) is 0. The van der Waals surface area contributed by atoms with Gasteiger partial charge in [0.25, 0.3) is 0 Å². The lowest BCUT2D eigenvalue weighted by Gasteiger charge is -2.46. The summed E-state index contributed by atoms with van der Waals surface area (Å²) in [7, 11) is 0. The second-order valence-electron chi connectivity index (χ2n) is 11.7. The SMILES string of the molecule is CCC1(OC(=O)C2C3CC4C(OC(=O)C42)C3OC(C)=O)CC2CC1C1C3CCC(C3)C21. The van der Waals surface area contributed by atoms with Crippen LogP contribution < -0.4 is 0 Å². The fraction of sp³-hybridized carbons (Fsp3) is 0.880. The van der Waals surface area contributed by atoms with Crippen molar-refractivity contribution in [1.82, 2.24) is 0 Å². The molecule has 13 atom stereocenters. The van der Waals surface area contributed by atoms with Gasteiger partial charge in [0, 0.05) is 24.7 Å². The van der Waals surface area contributed by atoms with Gasteiger partial charge in [0.2, 0.25) is 0 Å². The van der Waals surface area contributed by atoms with Crippen molar-refractivity contribution < 1.29 is 28.6 Å². The highest BCUT2D eigenvalue weighted by molar-refractivity contribution is 5.86. The van der Waals surface area contributed by atoms with E-state index in [1.807, 2.05) is 0 Å². The third kappa shape index (κ3) is 2.22. The van der Waals surface area contributed by atoms with E-state index in [4.69, 9.17) is 14.2 Å². The molecule has 0 amide bonds. The number of ether oxygens (including phenoxy) is 3. The fourth-order valence-electron chi connectivity index (χ4n) is 10.2. The first-order valence-electron chi connectivity index (χ1n) is 12.5. The summed E-state index contributed by atoms with van der Waals surface area (Å²) < 4.78 is 17.6. The van der Waals surface area contributed by atoms with Crippen LogP contribution in [0.4, 0.5) is 0 Å². The molecule has 31 heavy (non-hydrogen) atoms. The Hall–Kier alpha value is -1.59. The molecular formula is C25H32O6. The zero-order valence-corrected chi connectivity index (χ0v) is 18.3. The zero-order chi connectivity index (χ0) is 21.2. The number of carbonyl (C=O) groups is 3. The molecule has 0 aromatic carbocycles. The highest BCUT2D eigenvalue weighted by Crippen LogP contribution is 2.71. The summed E-state index contributed by atoms with van der Waals surface area (Å²) in [4.78, 5) is 38.0. The normalized spacial score (nSPS) is 56.8. The summed E-state index contributed by atoms with van der Waals surface area (Å²) in [6.07, 6.45) is 7.03. The number of hydrogen-bond donors (Lipinski definition) is 0. The molecule has 6 nitrogen and oxygen atoms in total. The first-order valence-corrected chi connectivity index (χ1v) is 12.5. The molecule has 0 spiro atoms. The molecule has 168 valence electrons. The first-order chi connectivity index (χ1) is 14.9. The predicted molar refractivity (Wildman–Crippen MR) is 107 cm³/mol. The quantitative estimate of drug-likeness (QED) is 0.389. The zero-order valence-electron chi connectivity index (χ0n) is 18.3. The van der Waals surface area contributed by atoms with Crippen molar-refractivity contribution >= 4 is 17.9 Å². The summed E-state index contributed by atoms with van der Waals surface area (Å²) in [6.45, 7) is 3.54. The van der Waals surface area contributed by atoms with Gasteiger partial charge in [-0.25, -0.2) is 0 Å². The van der Waals surface area contributed by atoms with Gasteiger partial charge in [0.1, 0.15) is 17.8 Å². The van der Waals surface area contributed by atoms with Gasteiger partial charge < -0.3 is 14.2 Å². The summed E-state index contributed by atoms with van der Waals surface area (Å²) in [5.74, 6) is 2.47. The van der Waals surface area contributed by atoms with E-state index in [-0.39, 0.29) is 41.4 Å². The van der Waals surface area contributed by atoms with Crippen LogP contribution in [0.15, 0.2) is 0 Å². The number of esters is 3. The molecular weight excluding hydrogens is 396 g/mol. The lowest BCUT2D eigenvalue weighted by atomic mass is 9.65. The van der Waals surface area contributed by atoms with E-state index in [0.717, 1.165) is 36.5 Å². The highest BCUT2D eigenvalue weighted by Gasteiger charge is 2.72. The summed E-state index contributed by atoms with van der Waals surface area (Å²) in [5.41, 5.74) is -0.367. The fourth-order valence-corrected chi connectivity index (χ4v) is 10.2. The average Bonchev–Trinajstić information content (AvgIpc) is 3.53. The standard InChI is InChI=1S/C25H32O6/c1-3-25(9-13-7-16(25)18-12-5-4-11(6-12)17(13)18)31-24(28)20-15-8-14-19(20)23(27)30-22(14)21(15)29-10(2)26/h11-22H,3-9H2,1-2H3. The Bertz CT molecular complexity index is 868. The molecule has 1 aliphatic heterocycles. The largest absolute Gasteiger partial charge is 0.459 e. The molecule has 6 heteroatoms. The van der Waals surface area contributed by atoms with E-state index >= 15 is 0 Å². The molecule has 6 bridgehead atoms. The molecule has 7 aliphatic rings. The maximum absolute atomic E-state index is 13.7. The van der Waals surface area contributed by atoms with Crippen LogP contribution in [-0.2, 0) is 28.6 Å². The number of rotatable bonds is 4. The van der Waals surface area contributed by atoms with E-state index < -0.39 is 17.9 Å². The van der Waals surface area contributed by atoms with E-state index in [0.29, 0.717) is 18.3 Å². The smallest absolute Gasteiger partial charge is 0.310 e. The van der Waals surface area contributed by atoms with Crippen molar-refractivity contribution in [3.05, 3.63) is 0 Å². The van der Waals surface area contributed by atoms with Crippen LogP contribution in [0.1, 0.15) is 58.8 Å². The molecule has 1 heterocycles. The van der Waals surface area contributed by atoms with Gasteiger partial charge in [-0.15, -0.1) is 0 Å². The summed E-state index contributed by atoms with van der Waals surface area (Å²) >= 11 is 0. The molecule has 13 unspecified atom stereocenters. The summed E-state index contributed by atoms with van der Waals surface area (Å²) in [5, 5.41) is 0. The van der Waals surface area contributed by atoms with Crippen molar-refractivity contribution in [3.8, 4) is 0 Å². The minimum absolute atomic E-state index is 0.0213. The van der Waals surface area contributed by atoms with Gasteiger partial charge in [0.15, 0.2) is 0 Å². The van der Waals surface area contributed by atoms with Gasteiger partial charge >= 0.3 is 17.9 Å². The van der Waals surface area contributed by atoms with E-state index in [9.17, 15) is 14.4 Å². The molecule has 7 fully saturated rings. The second kappa shape index (κ2) is 6.05. The van der Waals surface area contributed by atoms with Crippen molar-refractivity contribution in [1.29, 1.82) is 0 Å². The molecule has 0 radical (unpaired) electrons. The van der Waals surface area contributed by atoms with Crippen LogP contribution in [0.3, 0.4) is 0 Å². The van der Waals surface area contributed by atoms with Crippen LogP contribution in [0, 0.1) is 59.2 Å². The maximum atomic E-state index is 13.7. The van der Waals surface area contributed by atoms with E-state index in [1.165, 1.54) is 32.6 Å². The van der Waals surface area contributed by atoms with Crippen molar-refractivity contribution in [3.63, 3.8) is 0 Å². The monoisotopic (exact) mass is 428 g/mol. The Balaban J connectivity index is 1.16. The molecule has 0 aromatic rings. The molecule has 7 rings (SSSR count). The molecule has 0 N–H and O–H groups in total. The topological polar surface area (TPSA) is 78.9 Å². The predicted octanol–water partition coefficient (Wildman–Crippen LogP) is 3.12. The maximum Gasteiger partial charge on any atom is 0.310 e. The Labute approximate surface area is 182 Å². The number of fused-ring (bicyclic) bond motifs is 10. The van der Waals surface area contributed by atoms with Crippen LogP contribution in [0.25, 0.3) is 0 Å². The Morgan fingerprint density at radius 2 is 1.84 bits per heavy atom. The average molecular weight is 429 g/mol. The second-order valence-corrected chi connectivity index (χ2v) is 11.7. The van der Waals surface area contributed by atoms with Crippen LogP contribution in [0.2, 0.25) is 0 Å². The van der Waals surface area contributed by atoms with Gasteiger partial charge in [0.05, 0.1) is 11.8 Å². The van der Waals surface area contributed by atoms with E-state index in [2.05, 4.69) is 6.92 Å². The van der Waals surface area contributed by atoms with E-state index in [1.54, 1.807) is 0 Å². The van der Waals surface area contributed by atoms with Crippen molar-refractivity contribution in [2.45, 2.75) is 76.6 Å². The molecule has 1 saturated heterocycles. The van der Waals surface area contributed by atoms with Crippen molar-refractivity contribution in [2.24, 2.45) is 59.2 Å². The van der Waals surface area contributed by atoms with Crippen LogP contribution in [0.5, 0.6) is 0 Å². The Morgan fingerprint density at radius 3 is 2.58 bits per heavy atom. The Morgan fingerprint density at radius 1 is 1.06 bits per heavy atom. The van der Waals surface area contributed by atoms with Crippen molar-refractivity contribution in [2.75, 3.05) is 0 Å². The lowest BCUT2D eigenvalue weighted by molar-refractivity contribution is -0.185. The van der Waals surface area contributed by atoms with Gasteiger partial charge in [-0.2, -0.15) is 0 Å². The third-order valence-electron chi connectivity index (χ3n) is 10.9. The third-order valence-corrected chi connectivity index (χ3v) is 10.9. The van der Waals surface area contributed by atoms with Gasteiger partial charge in [-0.1, -0.05) is 6.92 Å².